The van der Waals surface area contributed by atoms with Crippen LogP contribution in [0, 0.1) is 0 Å². The summed E-state index contributed by atoms with van der Waals surface area (Å²) < 4.78 is 0. The summed E-state index contributed by atoms with van der Waals surface area (Å²) in [7, 11) is 0. The van der Waals surface area contributed by atoms with E-state index in [1.54, 1.807) is 11.8 Å². The van der Waals surface area contributed by atoms with Gasteiger partial charge >= 0.3 is 0 Å². The summed E-state index contributed by atoms with van der Waals surface area (Å²) >= 11 is 7.64. The van der Waals surface area contributed by atoms with Crippen LogP contribution in [0.4, 0.5) is 0 Å². The Labute approximate surface area is 123 Å². The molecule has 2 aromatic rings. The highest BCUT2D eigenvalue weighted by molar-refractivity contribution is 7.98. The first-order chi connectivity index (χ1) is 9.19. The zero-order chi connectivity index (χ0) is 13.7. The van der Waals surface area contributed by atoms with Crippen LogP contribution in [0.3, 0.4) is 0 Å². The van der Waals surface area contributed by atoms with Crippen molar-refractivity contribution < 1.29 is 5.11 Å². The molecular formula is C16H17ClOS. The van der Waals surface area contributed by atoms with Crippen molar-refractivity contribution in [3.05, 3.63) is 64.7 Å². The smallest absolute Gasteiger partial charge is 0.0787 e. The Balaban J connectivity index is 1.94. The van der Waals surface area contributed by atoms with E-state index in [-0.39, 0.29) is 6.10 Å². The van der Waals surface area contributed by atoms with Crippen molar-refractivity contribution in [2.24, 2.45) is 0 Å². The van der Waals surface area contributed by atoms with Crippen LogP contribution in [0.5, 0.6) is 0 Å². The van der Waals surface area contributed by atoms with E-state index in [1.807, 2.05) is 43.3 Å². The Bertz CT molecular complexity index is 507. The number of halogens is 1. The average molecular weight is 293 g/mol. The fraction of sp³-hybridized carbons (Fsp3) is 0.250. The molecular weight excluding hydrogens is 276 g/mol. The monoisotopic (exact) mass is 292 g/mol. The minimum atomic E-state index is -0.352. The highest BCUT2D eigenvalue weighted by atomic mass is 35.5. The van der Waals surface area contributed by atoms with Crippen LogP contribution in [0.2, 0.25) is 5.02 Å². The van der Waals surface area contributed by atoms with Gasteiger partial charge in [-0.05, 0) is 41.8 Å². The van der Waals surface area contributed by atoms with E-state index in [4.69, 9.17) is 11.6 Å². The summed E-state index contributed by atoms with van der Waals surface area (Å²) in [5.74, 6) is 0.923. The van der Waals surface area contributed by atoms with Gasteiger partial charge in [0.15, 0.2) is 0 Å². The molecule has 0 aromatic heterocycles. The molecule has 2 rings (SSSR count). The minimum absolute atomic E-state index is 0.352. The summed E-state index contributed by atoms with van der Waals surface area (Å²) in [5, 5.41) is 10.5. The lowest BCUT2D eigenvalue weighted by Crippen LogP contribution is -1.94. The molecule has 1 atom stereocenters. The number of benzene rings is 2. The summed E-state index contributed by atoms with van der Waals surface area (Å²) in [6.07, 6.45) is 0.396. The molecule has 0 unspecified atom stereocenters. The molecule has 19 heavy (non-hydrogen) atoms. The molecule has 0 fully saturated rings. The van der Waals surface area contributed by atoms with Gasteiger partial charge in [0.25, 0.3) is 0 Å². The minimum Gasteiger partial charge on any atom is -0.388 e. The van der Waals surface area contributed by atoms with Crippen molar-refractivity contribution in [1.29, 1.82) is 0 Å². The van der Waals surface area contributed by atoms with Gasteiger partial charge in [0, 0.05) is 15.7 Å². The van der Waals surface area contributed by atoms with E-state index in [2.05, 4.69) is 12.1 Å². The Morgan fingerprint density at radius 1 is 1.05 bits per heavy atom. The first-order valence-electron chi connectivity index (χ1n) is 6.34. The number of thioether (sulfide) groups is 1. The maximum absolute atomic E-state index is 9.73. The van der Waals surface area contributed by atoms with Crippen molar-refractivity contribution in [3.8, 4) is 0 Å². The second kappa shape index (κ2) is 6.99. The normalized spacial score (nSPS) is 12.4. The van der Waals surface area contributed by atoms with Crippen LogP contribution in [0.15, 0.2) is 53.4 Å². The summed E-state index contributed by atoms with van der Waals surface area (Å²) in [6.45, 7) is 1.98. The lowest BCUT2D eigenvalue weighted by molar-refractivity contribution is 0.173. The van der Waals surface area contributed by atoms with Crippen LogP contribution in [0.1, 0.15) is 30.6 Å². The van der Waals surface area contributed by atoms with Crippen LogP contribution < -0.4 is 0 Å². The van der Waals surface area contributed by atoms with Gasteiger partial charge in [-0.1, -0.05) is 42.8 Å². The van der Waals surface area contributed by atoms with Crippen LogP contribution >= 0.6 is 23.4 Å². The van der Waals surface area contributed by atoms with E-state index >= 15 is 0 Å². The average Bonchev–Trinajstić information content (AvgIpc) is 2.46. The van der Waals surface area contributed by atoms with Crippen molar-refractivity contribution >= 4 is 23.4 Å². The Morgan fingerprint density at radius 3 is 2.26 bits per heavy atom. The molecule has 0 radical (unpaired) electrons. The third-order valence-electron chi connectivity index (χ3n) is 2.97. The van der Waals surface area contributed by atoms with Gasteiger partial charge in [-0.15, -0.1) is 11.8 Å². The largest absolute Gasteiger partial charge is 0.388 e. The summed E-state index contributed by atoms with van der Waals surface area (Å²) in [5.41, 5.74) is 2.24. The lowest BCUT2D eigenvalue weighted by Gasteiger charge is -2.09. The highest BCUT2D eigenvalue weighted by Gasteiger charge is 2.04. The maximum atomic E-state index is 9.73. The number of hydrogen-bond acceptors (Lipinski definition) is 2. The van der Waals surface area contributed by atoms with Crippen molar-refractivity contribution in [2.75, 3.05) is 0 Å². The zero-order valence-electron chi connectivity index (χ0n) is 10.8. The molecule has 0 bridgehead atoms. The van der Waals surface area contributed by atoms with E-state index < -0.39 is 0 Å². The summed E-state index contributed by atoms with van der Waals surface area (Å²) in [4.78, 5) is 1.21. The van der Waals surface area contributed by atoms with Gasteiger partial charge in [-0.3, -0.25) is 0 Å². The number of aliphatic hydroxyl groups is 1. The second-order valence-electron chi connectivity index (χ2n) is 4.41. The predicted octanol–water partition coefficient (Wildman–Crippen LogP) is 5.08. The van der Waals surface area contributed by atoms with Gasteiger partial charge in [0.05, 0.1) is 6.10 Å². The van der Waals surface area contributed by atoms with Gasteiger partial charge in [0.1, 0.15) is 0 Å². The molecule has 2 aromatic carbocycles. The van der Waals surface area contributed by atoms with Crippen molar-refractivity contribution in [3.63, 3.8) is 0 Å². The first-order valence-corrected chi connectivity index (χ1v) is 7.70. The van der Waals surface area contributed by atoms with E-state index in [1.165, 1.54) is 10.5 Å². The SMILES string of the molecule is CC[C@@H](O)c1ccc(SCc2ccc(Cl)cc2)cc1. The first kappa shape index (κ1) is 14.4. The molecule has 1 nitrogen and oxygen atoms in total. The Morgan fingerprint density at radius 2 is 1.68 bits per heavy atom. The van der Waals surface area contributed by atoms with Gasteiger partial charge in [-0.2, -0.15) is 0 Å². The lowest BCUT2D eigenvalue weighted by atomic mass is 10.1. The fourth-order valence-electron chi connectivity index (χ4n) is 1.77. The number of hydrogen-bond donors (Lipinski definition) is 1. The Hall–Kier alpha value is -0.960. The third kappa shape index (κ3) is 4.27. The molecule has 0 spiro atoms. The zero-order valence-corrected chi connectivity index (χ0v) is 12.4. The third-order valence-corrected chi connectivity index (χ3v) is 4.31. The highest BCUT2D eigenvalue weighted by Crippen LogP contribution is 2.25. The van der Waals surface area contributed by atoms with E-state index in [0.29, 0.717) is 0 Å². The molecule has 3 heteroatoms. The quantitative estimate of drug-likeness (QED) is 0.776. The van der Waals surface area contributed by atoms with E-state index in [0.717, 1.165) is 22.8 Å². The number of rotatable bonds is 5. The standard InChI is InChI=1S/C16H17ClOS/c1-2-16(18)13-5-9-15(10-6-13)19-11-12-3-7-14(17)8-4-12/h3-10,16,18H,2,11H2,1H3/t16-/m1/s1. The molecule has 0 aliphatic heterocycles. The van der Waals surface area contributed by atoms with Crippen LogP contribution in [-0.4, -0.2) is 5.11 Å². The predicted molar refractivity (Wildman–Crippen MR) is 82.7 cm³/mol. The second-order valence-corrected chi connectivity index (χ2v) is 5.89. The van der Waals surface area contributed by atoms with E-state index in [9.17, 15) is 5.11 Å². The van der Waals surface area contributed by atoms with Gasteiger partial charge in [0.2, 0.25) is 0 Å². The molecule has 0 aliphatic carbocycles. The van der Waals surface area contributed by atoms with Crippen molar-refractivity contribution in [1.82, 2.24) is 0 Å². The molecule has 0 heterocycles. The molecule has 0 aliphatic rings. The molecule has 0 saturated carbocycles. The molecule has 100 valence electrons. The molecule has 1 N–H and O–H groups in total. The topological polar surface area (TPSA) is 20.2 Å². The summed E-state index contributed by atoms with van der Waals surface area (Å²) in [6, 6.07) is 16.0. The van der Waals surface area contributed by atoms with Gasteiger partial charge < -0.3 is 5.11 Å². The molecule has 0 amide bonds. The fourth-order valence-corrected chi connectivity index (χ4v) is 2.75. The Kier molecular flexibility index (Phi) is 5.32. The van der Waals surface area contributed by atoms with Gasteiger partial charge in [-0.25, -0.2) is 0 Å². The molecule has 0 saturated heterocycles. The van der Waals surface area contributed by atoms with Crippen molar-refractivity contribution in [2.45, 2.75) is 30.1 Å². The maximum Gasteiger partial charge on any atom is 0.0787 e. The van der Waals surface area contributed by atoms with Crippen LogP contribution in [0.25, 0.3) is 0 Å². The van der Waals surface area contributed by atoms with Crippen LogP contribution in [-0.2, 0) is 5.75 Å². The number of aliphatic hydroxyl groups excluding tert-OH is 1.